The molecule has 1 unspecified atom stereocenters. The van der Waals surface area contributed by atoms with Crippen LogP contribution in [0.1, 0.15) is 36.4 Å². The smallest absolute Gasteiger partial charge is 0.315 e. The summed E-state index contributed by atoms with van der Waals surface area (Å²) in [5.41, 5.74) is 2.63. The molecule has 1 aliphatic carbocycles. The average molecular weight is 244 g/mol. The molecule has 18 heavy (non-hydrogen) atoms. The van der Waals surface area contributed by atoms with Crippen molar-refractivity contribution in [2.75, 3.05) is 6.54 Å². The fourth-order valence-electron chi connectivity index (χ4n) is 2.45. The van der Waals surface area contributed by atoms with E-state index >= 15 is 0 Å². The third-order valence-electron chi connectivity index (χ3n) is 3.33. The first-order chi connectivity index (χ1) is 8.81. The Kier molecular flexibility index (Phi) is 4.40. The molecule has 96 valence electrons. The highest BCUT2D eigenvalue weighted by Crippen LogP contribution is 2.28. The number of urea groups is 1. The van der Waals surface area contributed by atoms with Gasteiger partial charge in [0.25, 0.3) is 0 Å². The zero-order valence-corrected chi connectivity index (χ0v) is 10.6. The number of aryl methyl sites for hydroxylation is 1. The van der Waals surface area contributed by atoms with Crippen LogP contribution in [0.25, 0.3) is 0 Å². The maximum atomic E-state index is 11.7. The molecule has 0 aliphatic heterocycles. The van der Waals surface area contributed by atoms with Crippen LogP contribution in [-0.2, 0) is 6.42 Å². The second-order valence-electron chi connectivity index (χ2n) is 4.64. The molecule has 2 rings (SSSR count). The predicted octanol–water partition coefficient (Wildman–Crippen LogP) is 2.94. The van der Waals surface area contributed by atoms with Crippen molar-refractivity contribution in [1.29, 1.82) is 0 Å². The van der Waals surface area contributed by atoms with E-state index in [-0.39, 0.29) is 12.1 Å². The average Bonchev–Trinajstić information content (AvgIpc) is 2.59. The zero-order chi connectivity index (χ0) is 12.8. The topological polar surface area (TPSA) is 41.1 Å². The second-order valence-corrected chi connectivity index (χ2v) is 4.64. The lowest BCUT2D eigenvalue weighted by molar-refractivity contribution is 0.237. The van der Waals surface area contributed by atoms with Crippen LogP contribution in [0.5, 0.6) is 0 Å². The van der Waals surface area contributed by atoms with Crippen molar-refractivity contribution in [3.8, 4) is 0 Å². The van der Waals surface area contributed by atoms with E-state index in [9.17, 15) is 4.79 Å². The van der Waals surface area contributed by atoms with E-state index in [1.165, 1.54) is 17.5 Å². The molecule has 0 saturated heterocycles. The Morgan fingerprint density at radius 1 is 1.39 bits per heavy atom. The van der Waals surface area contributed by atoms with E-state index in [2.05, 4.69) is 35.4 Å². The third kappa shape index (κ3) is 3.13. The van der Waals surface area contributed by atoms with Crippen molar-refractivity contribution >= 4 is 6.03 Å². The monoisotopic (exact) mass is 244 g/mol. The van der Waals surface area contributed by atoms with Gasteiger partial charge in [0.05, 0.1) is 6.04 Å². The van der Waals surface area contributed by atoms with Crippen LogP contribution in [0.3, 0.4) is 0 Å². The van der Waals surface area contributed by atoms with Gasteiger partial charge in [-0.15, -0.1) is 6.58 Å². The summed E-state index contributed by atoms with van der Waals surface area (Å²) in [5.74, 6) is 0. The number of carbonyl (C=O) groups is 1. The molecule has 2 amide bonds. The van der Waals surface area contributed by atoms with Gasteiger partial charge >= 0.3 is 6.03 Å². The number of amides is 2. The molecule has 0 spiro atoms. The van der Waals surface area contributed by atoms with Crippen molar-refractivity contribution in [1.82, 2.24) is 10.6 Å². The summed E-state index contributed by atoms with van der Waals surface area (Å²) in [6, 6.07) is 8.42. The summed E-state index contributed by atoms with van der Waals surface area (Å²) in [4.78, 5) is 11.7. The highest BCUT2D eigenvalue weighted by atomic mass is 16.2. The number of hydrogen-bond acceptors (Lipinski definition) is 1. The number of nitrogens with one attached hydrogen (secondary N) is 2. The Balaban J connectivity index is 2.08. The lowest BCUT2D eigenvalue weighted by atomic mass is 9.99. The van der Waals surface area contributed by atoms with E-state index in [0.29, 0.717) is 6.54 Å². The maximum absolute atomic E-state index is 11.7. The van der Waals surface area contributed by atoms with Gasteiger partial charge in [-0.25, -0.2) is 4.79 Å². The van der Waals surface area contributed by atoms with Crippen molar-refractivity contribution in [2.45, 2.75) is 31.7 Å². The number of hydrogen-bond donors (Lipinski definition) is 2. The SMILES string of the molecule is C=CCNC(=O)NC1CCCCc2ccccc21. The molecule has 2 N–H and O–H groups in total. The van der Waals surface area contributed by atoms with Crippen LogP contribution >= 0.6 is 0 Å². The van der Waals surface area contributed by atoms with Crippen LogP contribution in [0.15, 0.2) is 36.9 Å². The van der Waals surface area contributed by atoms with Gasteiger partial charge in [-0.3, -0.25) is 0 Å². The highest BCUT2D eigenvalue weighted by molar-refractivity contribution is 5.74. The quantitative estimate of drug-likeness (QED) is 0.623. The van der Waals surface area contributed by atoms with Gasteiger partial charge < -0.3 is 10.6 Å². The van der Waals surface area contributed by atoms with E-state index in [4.69, 9.17) is 0 Å². The van der Waals surface area contributed by atoms with Crippen molar-refractivity contribution in [3.05, 3.63) is 48.0 Å². The first-order valence-electron chi connectivity index (χ1n) is 6.54. The zero-order valence-electron chi connectivity index (χ0n) is 10.6. The molecule has 3 nitrogen and oxygen atoms in total. The van der Waals surface area contributed by atoms with E-state index in [1.807, 2.05) is 6.07 Å². The van der Waals surface area contributed by atoms with Crippen molar-refractivity contribution < 1.29 is 4.79 Å². The molecule has 0 saturated carbocycles. The summed E-state index contributed by atoms with van der Waals surface area (Å²) in [6.45, 7) is 4.09. The predicted molar refractivity (Wildman–Crippen MR) is 73.5 cm³/mol. The summed E-state index contributed by atoms with van der Waals surface area (Å²) >= 11 is 0. The molecular formula is C15H20N2O. The first-order valence-corrected chi connectivity index (χ1v) is 6.54. The van der Waals surface area contributed by atoms with Gasteiger partial charge in [0.1, 0.15) is 0 Å². The molecule has 0 bridgehead atoms. The van der Waals surface area contributed by atoms with Gasteiger partial charge in [-0.05, 0) is 30.4 Å². The van der Waals surface area contributed by atoms with Gasteiger partial charge in [0, 0.05) is 6.54 Å². The van der Waals surface area contributed by atoms with Gasteiger partial charge in [-0.2, -0.15) is 0 Å². The molecular weight excluding hydrogens is 224 g/mol. The molecule has 0 fully saturated rings. The van der Waals surface area contributed by atoms with E-state index in [1.54, 1.807) is 6.08 Å². The van der Waals surface area contributed by atoms with E-state index in [0.717, 1.165) is 19.3 Å². The summed E-state index contributed by atoms with van der Waals surface area (Å²) < 4.78 is 0. The van der Waals surface area contributed by atoms with Crippen LogP contribution in [-0.4, -0.2) is 12.6 Å². The first kappa shape index (κ1) is 12.7. The summed E-state index contributed by atoms with van der Waals surface area (Å²) in [5, 5.41) is 5.81. The molecule has 1 atom stereocenters. The Morgan fingerprint density at radius 3 is 3.06 bits per heavy atom. The van der Waals surface area contributed by atoms with Crippen LogP contribution in [0, 0.1) is 0 Å². The van der Waals surface area contributed by atoms with Crippen molar-refractivity contribution in [2.24, 2.45) is 0 Å². The molecule has 0 heterocycles. The van der Waals surface area contributed by atoms with Crippen LogP contribution in [0.4, 0.5) is 4.79 Å². The van der Waals surface area contributed by atoms with E-state index < -0.39 is 0 Å². The minimum absolute atomic E-state index is 0.114. The Hall–Kier alpha value is -1.77. The maximum Gasteiger partial charge on any atom is 0.315 e. The van der Waals surface area contributed by atoms with Gasteiger partial charge in [0.2, 0.25) is 0 Å². The van der Waals surface area contributed by atoms with Gasteiger partial charge in [-0.1, -0.05) is 36.8 Å². The molecule has 0 radical (unpaired) electrons. The third-order valence-corrected chi connectivity index (χ3v) is 3.33. The highest BCUT2D eigenvalue weighted by Gasteiger charge is 2.19. The molecule has 3 heteroatoms. The van der Waals surface area contributed by atoms with Crippen LogP contribution in [0.2, 0.25) is 0 Å². The standard InChI is InChI=1S/C15H20N2O/c1-2-11-16-15(18)17-14-10-6-4-8-12-7-3-5-9-13(12)14/h2-3,5,7,9,14H,1,4,6,8,10-11H2,(H2,16,17,18). The number of carbonyl (C=O) groups excluding carboxylic acids is 1. The summed E-state index contributed by atoms with van der Waals surface area (Å²) in [6.07, 6.45) is 6.16. The lowest BCUT2D eigenvalue weighted by Gasteiger charge is -2.19. The Morgan fingerprint density at radius 2 is 2.22 bits per heavy atom. The Bertz CT molecular complexity index is 428. The number of benzene rings is 1. The van der Waals surface area contributed by atoms with Gasteiger partial charge in [0.15, 0.2) is 0 Å². The summed E-state index contributed by atoms with van der Waals surface area (Å²) in [7, 11) is 0. The number of rotatable bonds is 3. The molecule has 1 aliphatic rings. The number of fused-ring (bicyclic) bond motifs is 1. The molecule has 1 aromatic carbocycles. The fourth-order valence-corrected chi connectivity index (χ4v) is 2.45. The van der Waals surface area contributed by atoms with Crippen molar-refractivity contribution in [3.63, 3.8) is 0 Å². The normalized spacial score (nSPS) is 18.3. The second kappa shape index (κ2) is 6.24. The minimum atomic E-state index is -0.114. The van der Waals surface area contributed by atoms with Crippen LogP contribution < -0.4 is 10.6 Å². The molecule has 1 aromatic rings. The molecule has 0 aromatic heterocycles. The Labute approximate surface area is 108 Å². The lowest BCUT2D eigenvalue weighted by Crippen LogP contribution is -2.38. The largest absolute Gasteiger partial charge is 0.335 e. The fraction of sp³-hybridized carbons (Fsp3) is 0.400. The minimum Gasteiger partial charge on any atom is -0.335 e.